The summed E-state index contributed by atoms with van der Waals surface area (Å²) in [6.45, 7) is 4.68. The number of fused-ring (bicyclic) bond motifs is 6. The highest BCUT2D eigenvalue weighted by Gasteiger charge is 2.23. The smallest absolute Gasteiger partial charge is 0.260 e. The van der Waals surface area contributed by atoms with E-state index in [0.717, 1.165) is 21.7 Å². The van der Waals surface area contributed by atoms with Crippen molar-refractivity contribution in [3.05, 3.63) is 39.1 Å². The monoisotopic (exact) mass is 407 g/mol. The molecule has 4 heterocycles. The Kier molecular flexibility index (Phi) is 4.09. The number of ether oxygens (including phenoxy) is 2. The average molecular weight is 407 g/mol. The van der Waals surface area contributed by atoms with E-state index in [1.165, 1.54) is 12.5 Å². The van der Waals surface area contributed by atoms with E-state index in [0.29, 0.717) is 40.0 Å². The van der Waals surface area contributed by atoms with Gasteiger partial charge in [0.1, 0.15) is 5.52 Å². The van der Waals surface area contributed by atoms with E-state index in [9.17, 15) is 4.79 Å². The third kappa shape index (κ3) is 2.53. The molecule has 0 radical (unpaired) electrons. The van der Waals surface area contributed by atoms with Gasteiger partial charge in [0.05, 0.1) is 41.6 Å². The van der Waals surface area contributed by atoms with Gasteiger partial charge in [-0.05, 0) is 12.0 Å². The Morgan fingerprint density at radius 3 is 2.70 bits per heavy atom. The van der Waals surface area contributed by atoms with Gasteiger partial charge >= 0.3 is 0 Å². The summed E-state index contributed by atoms with van der Waals surface area (Å²) in [6, 6.07) is 3.70. The van der Waals surface area contributed by atoms with Crippen molar-refractivity contribution in [2.75, 3.05) is 14.2 Å². The largest absolute Gasteiger partial charge is 0.493 e. The SMILES string of the molecule is COc1cc2[nH]c3c(cc-2c1OC)c(=O)n(CC(C)C)c1c2c(cnc31)=COOC=2. The lowest BCUT2D eigenvalue weighted by Crippen LogP contribution is -2.35. The van der Waals surface area contributed by atoms with Gasteiger partial charge in [-0.3, -0.25) is 19.6 Å². The Labute approximate surface area is 171 Å². The number of aromatic amines is 1. The van der Waals surface area contributed by atoms with Crippen LogP contribution in [-0.4, -0.2) is 28.8 Å². The summed E-state index contributed by atoms with van der Waals surface area (Å²) in [4.78, 5) is 31.7. The van der Waals surface area contributed by atoms with Crippen LogP contribution in [0.3, 0.4) is 0 Å². The number of hydrogen-bond acceptors (Lipinski definition) is 6. The first-order valence-corrected chi connectivity index (χ1v) is 9.65. The molecule has 0 fully saturated rings. The second-order valence-electron chi connectivity index (χ2n) is 7.69. The van der Waals surface area contributed by atoms with Crippen molar-refractivity contribution < 1.29 is 19.2 Å². The second-order valence-corrected chi connectivity index (χ2v) is 7.69. The molecule has 8 nitrogen and oxygen atoms in total. The molecule has 0 saturated heterocycles. The Balaban J connectivity index is 2.02. The van der Waals surface area contributed by atoms with Crippen LogP contribution in [0.4, 0.5) is 0 Å². The molecule has 154 valence electrons. The van der Waals surface area contributed by atoms with Gasteiger partial charge in [0.2, 0.25) is 0 Å². The molecule has 2 aromatic heterocycles. The first-order valence-electron chi connectivity index (χ1n) is 9.65. The van der Waals surface area contributed by atoms with Gasteiger partial charge in [-0.15, -0.1) is 0 Å². The molecule has 0 bridgehead atoms. The number of nitrogens with zero attached hydrogens (tertiary/aromatic N) is 2. The fourth-order valence-electron chi connectivity index (χ4n) is 4.06. The number of H-pyrrole nitrogens is 1. The molecule has 1 N–H and O–H groups in total. The minimum Gasteiger partial charge on any atom is -0.493 e. The molecule has 0 saturated carbocycles. The van der Waals surface area contributed by atoms with Gasteiger partial charge in [0, 0.05) is 29.6 Å². The Morgan fingerprint density at radius 2 is 1.97 bits per heavy atom. The van der Waals surface area contributed by atoms with Crippen molar-refractivity contribution >= 4 is 34.5 Å². The average Bonchev–Trinajstić information content (AvgIpc) is 3.11. The van der Waals surface area contributed by atoms with Crippen molar-refractivity contribution in [2.45, 2.75) is 20.4 Å². The normalized spacial score (nSPS) is 13.0. The molecule has 8 heteroatoms. The molecular formula is C22H21N3O5. The van der Waals surface area contributed by atoms with E-state index in [-0.39, 0.29) is 11.5 Å². The van der Waals surface area contributed by atoms with Crippen molar-refractivity contribution in [1.29, 1.82) is 0 Å². The summed E-state index contributed by atoms with van der Waals surface area (Å²) in [7, 11) is 3.17. The van der Waals surface area contributed by atoms with E-state index >= 15 is 0 Å². The molecule has 5 rings (SSSR count). The molecular weight excluding hydrogens is 386 g/mol. The van der Waals surface area contributed by atoms with Crippen LogP contribution >= 0.6 is 0 Å². The number of pyridine rings is 3. The second kappa shape index (κ2) is 6.69. The number of aromatic nitrogens is 3. The van der Waals surface area contributed by atoms with Crippen LogP contribution < -0.4 is 25.5 Å². The zero-order valence-electron chi connectivity index (χ0n) is 17.1. The van der Waals surface area contributed by atoms with Crippen molar-refractivity contribution in [2.24, 2.45) is 5.92 Å². The predicted molar refractivity (Wildman–Crippen MR) is 113 cm³/mol. The maximum absolute atomic E-state index is 13.6. The quantitative estimate of drug-likeness (QED) is 0.412. The Morgan fingerprint density at radius 1 is 1.17 bits per heavy atom. The summed E-state index contributed by atoms with van der Waals surface area (Å²) in [5.74, 6) is 1.45. The zero-order chi connectivity index (χ0) is 21.0. The molecule has 2 aliphatic heterocycles. The van der Waals surface area contributed by atoms with Gasteiger partial charge in [0.25, 0.3) is 5.56 Å². The third-order valence-electron chi connectivity index (χ3n) is 5.33. The summed E-state index contributed by atoms with van der Waals surface area (Å²) in [6.07, 6.45) is 4.70. The lowest BCUT2D eigenvalue weighted by molar-refractivity contribution is -0.151. The molecule has 30 heavy (non-hydrogen) atoms. The standard InChI is InChI=1S/C22H21N3O5/c1-11(2)8-25-20-15-10-30-29-9-12(15)7-23-19(20)18-14(22(25)26)5-13-16(24-18)6-17(27-3)21(13)28-4/h5-7,9-11,24H,8H2,1-4H3. The molecule has 0 unspecified atom stereocenters. The third-order valence-corrected chi connectivity index (χ3v) is 5.33. The maximum atomic E-state index is 13.6. The molecule has 2 aromatic rings. The molecule has 0 atom stereocenters. The van der Waals surface area contributed by atoms with E-state index in [1.807, 2.05) is 12.1 Å². The minimum absolute atomic E-state index is 0.110. The maximum Gasteiger partial charge on any atom is 0.260 e. The summed E-state index contributed by atoms with van der Waals surface area (Å²) >= 11 is 0. The number of methoxy groups -OCH3 is 2. The van der Waals surface area contributed by atoms with Gasteiger partial charge in [-0.2, -0.15) is 0 Å². The predicted octanol–water partition coefficient (Wildman–Crippen LogP) is 2.09. The van der Waals surface area contributed by atoms with Gasteiger partial charge in [-0.1, -0.05) is 13.8 Å². The summed E-state index contributed by atoms with van der Waals surface area (Å²) in [5.41, 5.74) is 3.51. The fraction of sp³-hybridized carbons (Fsp3) is 0.273. The highest BCUT2D eigenvalue weighted by Crippen LogP contribution is 2.43. The number of rotatable bonds is 4. The molecule has 0 spiro atoms. The molecule has 1 aliphatic carbocycles. The Bertz CT molecular complexity index is 1450. The van der Waals surface area contributed by atoms with Crippen molar-refractivity contribution in [3.8, 4) is 22.8 Å². The first-order chi connectivity index (χ1) is 14.5. The topological polar surface area (TPSA) is 87.6 Å². The molecule has 0 amide bonds. The zero-order valence-corrected chi connectivity index (χ0v) is 17.1. The van der Waals surface area contributed by atoms with Crippen LogP contribution in [0.5, 0.6) is 11.5 Å². The number of nitrogens with one attached hydrogen (secondary N) is 1. The molecule has 3 aliphatic rings. The molecule has 0 aromatic carbocycles. The van der Waals surface area contributed by atoms with E-state index < -0.39 is 0 Å². The van der Waals surface area contributed by atoms with Crippen LogP contribution in [0.2, 0.25) is 0 Å². The first kappa shape index (κ1) is 18.4. The highest BCUT2D eigenvalue weighted by molar-refractivity contribution is 6.03. The van der Waals surface area contributed by atoms with E-state index in [2.05, 4.69) is 23.8 Å². The summed E-state index contributed by atoms with van der Waals surface area (Å²) in [5, 5.41) is 2.05. The van der Waals surface area contributed by atoms with Crippen LogP contribution in [0.25, 0.3) is 45.7 Å². The van der Waals surface area contributed by atoms with Gasteiger partial charge in [0.15, 0.2) is 24.0 Å². The lowest BCUT2D eigenvalue weighted by Gasteiger charge is -2.17. The van der Waals surface area contributed by atoms with Crippen molar-refractivity contribution in [3.63, 3.8) is 0 Å². The van der Waals surface area contributed by atoms with Crippen LogP contribution in [0.15, 0.2) is 23.1 Å². The Hall–Kier alpha value is -3.68. The highest BCUT2D eigenvalue weighted by atomic mass is 17.2. The lowest BCUT2D eigenvalue weighted by atomic mass is 10.1. The summed E-state index contributed by atoms with van der Waals surface area (Å²) < 4.78 is 12.7. The van der Waals surface area contributed by atoms with Crippen LogP contribution in [0, 0.1) is 5.92 Å². The van der Waals surface area contributed by atoms with Gasteiger partial charge < -0.3 is 19.0 Å². The van der Waals surface area contributed by atoms with Crippen molar-refractivity contribution in [1.82, 2.24) is 14.5 Å². The number of hydrogen-bond donors (Lipinski definition) is 1. The van der Waals surface area contributed by atoms with Crippen LogP contribution in [0.1, 0.15) is 13.8 Å². The van der Waals surface area contributed by atoms with Crippen LogP contribution in [-0.2, 0) is 16.3 Å². The van der Waals surface area contributed by atoms with E-state index in [1.54, 1.807) is 25.0 Å². The van der Waals surface area contributed by atoms with E-state index in [4.69, 9.17) is 19.2 Å². The fourth-order valence-corrected chi connectivity index (χ4v) is 4.06. The van der Waals surface area contributed by atoms with Gasteiger partial charge in [-0.25, -0.2) is 0 Å². The minimum atomic E-state index is -0.110.